The second-order valence-electron chi connectivity index (χ2n) is 4.00. The summed E-state index contributed by atoms with van der Waals surface area (Å²) in [4.78, 5) is 24.6. The molecule has 0 aliphatic rings. The first-order valence-electron chi connectivity index (χ1n) is 5.72. The van der Waals surface area contributed by atoms with Crippen LogP contribution in [0, 0.1) is 10.1 Å². The number of nitro benzene ring substituents is 1. The molecule has 1 aromatic heterocycles. The molecule has 0 atom stereocenters. The zero-order valence-corrected chi connectivity index (χ0v) is 11.3. The lowest BCUT2D eigenvalue weighted by Gasteiger charge is -2.06. The molecule has 7 nitrogen and oxygen atoms in total. The molecule has 0 radical (unpaired) electrons. The van der Waals surface area contributed by atoms with Gasteiger partial charge in [0.1, 0.15) is 17.4 Å². The van der Waals surface area contributed by atoms with Gasteiger partial charge >= 0.3 is 5.97 Å². The number of ether oxygens (including phenoxy) is 1. The van der Waals surface area contributed by atoms with Gasteiger partial charge in [-0.3, -0.25) is 15.1 Å². The van der Waals surface area contributed by atoms with Gasteiger partial charge in [-0.2, -0.15) is 0 Å². The van der Waals surface area contributed by atoms with Crippen LogP contribution >= 0.6 is 11.6 Å². The molecule has 21 heavy (non-hydrogen) atoms. The number of aromatic nitrogens is 1. The van der Waals surface area contributed by atoms with Crippen molar-refractivity contribution in [1.82, 2.24) is 4.98 Å². The molecule has 108 valence electrons. The smallest absolute Gasteiger partial charge is 0.337 e. The highest BCUT2D eigenvalue weighted by molar-refractivity contribution is 6.32. The van der Waals surface area contributed by atoms with Crippen molar-refractivity contribution < 1.29 is 19.6 Å². The van der Waals surface area contributed by atoms with E-state index < -0.39 is 10.9 Å². The summed E-state index contributed by atoms with van der Waals surface area (Å²) in [6, 6.07) is 6.95. The topological polar surface area (TPSA) is 103 Å². The number of carbonyl (C=O) groups is 1. The van der Waals surface area contributed by atoms with Gasteiger partial charge in [0.05, 0.1) is 16.2 Å². The minimum atomic E-state index is -1.06. The van der Waals surface area contributed by atoms with E-state index in [-0.39, 0.29) is 22.9 Å². The van der Waals surface area contributed by atoms with Crippen LogP contribution in [0.5, 0.6) is 5.75 Å². The standard InChI is InChI=1S/C13H9ClN2O5/c14-11-5-10(3-4-12(11)16(19)20)21-7-9-2-1-8(6-15-9)13(17)18/h1-6H,7H2,(H,17,18). The monoisotopic (exact) mass is 308 g/mol. The summed E-state index contributed by atoms with van der Waals surface area (Å²) in [6.07, 6.45) is 1.23. The summed E-state index contributed by atoms with van der Waals surface area (Å²) in [6.45, 7) is 0.0913. The molecule has 0 saturated heterocycles. The maximum absolute atomic E-state index is 10.7. The Morgan fingerprint density at radius 3 is 2.67 bits per heavy atom. The number of carboxylic acids is 1. The lowest BCUT2D eigenvalue weighted by atomic mass is 10.2. The fraction of sp³-hybridized carbons (Fsp3) is 0.0769. The highest BCUT2D eigenvalue weighted by atomic mass is 35.5. The second kappa shape index (κ2) is 6.19. The van der Waals surface area contributed by atoms with E-state index in [0.717, 1.165) is 0 Å². The van der Waals surface area contributed by atoms with E-state index in [2.05, 4.69) is 4.98 Å². The van der Waals surface area contributed by atoms with E-state index in [0.29, 0.717) is 11.4 Å². The lowest BCUT2D eigenvalue weighted by Crippen LogP contribution is -2.02. The molecule has 2 rings (SSSR count). The Morgan fingerprint density at radius 2 is 2.14 bits per heavy atom. The number of hydrogen-bond donors (Lipinski definition) is 1. The molecule has 2 aromatic rings. The molecular formula is C13H9ClN2O5. The number of benzene rings is 1. The number of carboxylic acid groups (broad SMARTS) is 1. The number of halogens is 1. The van der Waals surface area contributed by atoms with Gasteiger partial charge in [-0.1, -0.05) is 11.6 Å². The predicted molar refractivity (Wildman–Crippen MR) is 73.6 cm³/mol. The Labute approximate surface area is 123 Å². The van der Waals surface area contributed by atoms with E-state index >= 15 is 0 Å². The third-order valence-corrected chi connectivity index (χ3v) is 2.88. The second-order valence-corrected chi connectivity index (χ2v) is 4.41. The SMILES string of the molecule is O=C(O)c1ccc(COc2ccc([N+](=O)[O-])c(Cl)c2)nc1. The number of aromatic carboxylic acids is 1. The first kappa shape index (κ1) is 14.7. The van der Waals surface area contributed by atoms with Crippen molar-refractivity contribution in [3.05, 3.63) is 62.9 Å². The lowest BCUT2D eigenvalue weighted by molar-refractivity contribution is -0.384. The van der Waals surface area contributed by atoms with Crippen LogP contribution in [0.2, 0.25) is 5.02 Å². The molecule has 0 unspecified atom stereocenters. The largest absolute Gasteiger partial charge is 0.487 e. The average Bonchev–Trinajstić information content (AvgIpc) is 2.45. The molecule has 0 saturated carbocycles. The minimum absolute atomic E-state index is 0.0216. The highest BCUT2D eigenvalue weighted by Crippen LogP contribution is 2.28. The van der Waals surface area contributed by atoms with Crippen LogP contribution in [0.25, 0.3) is 0 Å². The number of nitro groups is 1. The Hall–Kier alpha value is -2.67. The van der Waals surface area contributed by atoms with Gasteiger partial charge in [-0.25, -0.2) is 4.79 Å². The Morgan fingerprint density at radius 1 is 1.38 bits per heavy atom. The molecule has 0 bridgehead atoms. The van der Waals surface area contributed by atoms with Crippen LogP contribution in [0.1, 0.15) is 16.1 Å². The van der Waals surface area contributed by atoms with E-state index in [1.807, 2.05) is 0 Å². The quantitative estimate of drug-likeness (QED) is 0.673. The Kier molecular flexibility index (Phi) is 4.34. The first-order valence-corrected chi connectivity index (χ1v) is 6.10. The normalized spacial score (nSPS) is 10.1. The average molecular weight is 309 g/mol. The third kappa shape index (κ3) is 3.67. The molecule has 0 spiro atoms. The van der Waals surface area contributed by atoms with Crippen LogP contribution in [0.4, 0.5) is 5.69 Å². The molecule has 0 aliphatic heterocycles. The fourth-order valence-electron chi connectivity index (χ4n) is 1.52. The molecular weight excluding hydrogens is 300 g/mol. The van der Waals surface area contributed by atoms with Crippen LogP contribution < -0.4 is 4.74 Å². The van der Waals surface area contributed by atoms with E-state index in [1.165, 1.54) is 36.5 Å². The van der Waals surface area contributed by atoms with Gasteiger partial charge < -0.3 is 9.84 Å². The van der Waals surface area contributed by atoms with E-state index in [4.69, 9.17) is 21.4 Å². The van der Waals surface area contributed by atoms with Gasteiger partial charge in [0.15, 0.2) is 0 Å². The molecule has 0 amide bonds. The van der Waals surface area contributed by atoms with Crippen molar-refractivity contribution in [3.8, 4) is 5.75 Å². The molecule has 8 heteroatoms. The minimum Gasteiger partial charge on any atom is -0.487 e. The highest BCUT2D eigenvalue weighted by Gasteiger charge is 2.12. The maximum atomic E-state index is 10.7. The van der Waals surface area contributed by atoms with Crippen molar-refractivity contribution >= 4 is 23.3 Å². The van der Waals surface area contributed by atoms with Gasteiger partial charge in [0, 0.05) is 18.3 Å². The summed E-state index contributed by atoms with van der Waals surface area (Å²) in [5, 5.41) is 19.3. The fourth-order valence-corrected chi connectivity index (χ4v) is 1.76. The molecule has 0 fully saturated rings. The van der Waals surface area contributed by atoms with Crippen molar-refractivity contribution in [2.75, 3.05) is 0 Å². The van der Waals surface area contributed by atoms with Crippen LogP contribution in [0.3, 0.4) is 0 Å². The van der Waals surface area contributed by atoms with Crippen LogP contribution in [-0.2, 0) is 6.61 Å². The summed E-state index contributed by atoms with van der Waals surface area (Å²) >= 11 is 5.76. The number of nitrogens with zero attached hydrogens (tertiary/aromatic N) is 2. The summed E-state index contributed by atoms with van der Waals surface area (Å²) in [5.74, 6) is -0.702. The molecule has 0 aliphatic carbocycles. The third-order valence-electron chi connectivity index (χ3n) is 2.57. The zero-order valence-electron chi connectivity index (χ0n) is 10.5. The Bertz CT molecular complexity index is 687. The van der Waals surface area contributed by atoms with Crippen molar-refractivity contribution in [2.24, 2.45) is 0 Å². The number of hydrogen-bond acceptors (Lipinski definition) is 5. The predicted octanol–water partition coefficient (Wildman–Crippen LogP) is 2.92. The number of rotatable bonds is 5. The maximum Gasteiger partial charge on any atom is 0.337 e. The molecule has 1 aromatic carbocycles. The van der Waals surface area contributed by atoms with E-state index in [9.17, 15) is 14.9 Å². The summed E-state index contributed by atoms with van der Waals surface area (Å²) < 4.78 is 5.39. The van der Waals surface area contributed by atoms with Gasteiger partial charge in [-0.05, 0) is 18.2 Å². The van der Waals surface area contributed by atoms with Gasteiger partial charge in [-0.15, -0.1) is 0 Å². The van der Waals surface area contributed by atoms with Crippen LogP contribution in [0.15, 0.2) is 36.5 Å². The summed E-state index contributed by atoms with van der Waals surface area (Å²) in [5.41, 5.74) is 0.402. The molecule has 1 N–H and O–H groups in total. The van der Waals surface area contributed by atoms with Gasteiger partial charge in [0.25, 0.3) is 5.69 Å². The van der Waals surface area contributed by atoms with Crippen molar-refractivity contribution in [1.29, 1.82) is 0 Å². The Balaban J connectivity index is 2.04. The first-order chi connectivity index (χ1) is 9.97. The van der Waals surface area contributed by atoms with Crippen LogP contribution in [-0.4, -0.2) is 21.0 Å². The van der Waals surface area contributed by atoms with E-state index in [1.54, 1.807) is 0 Å². The summed E-state index contributed by atoms with van der Waals surface area (Å²) in [7, 11) is 0. The molecule has 1 heterocycles. The zero-order chi connectivity index (χ0) is 15.4. The van der Waals surface area contributed by atoms with Gasteiger partial charge in [0.2, 0.25) is 0 Å². The van der Waals surface area contributed by atoms with Crippen molar-refractivity contribution in [2.45, 2.75) is 6.61 Å². The van der Waals surface area contributed by atoms with Crippen molar-refractivity contribution in [3.63, 3.8) is 0 Å². The number of pyridine rings is 1.